The molecule has 0 fully saturated rings. The van der Waals surface area contributed by atoms with E-state index in [0.29, 0.717) is 0 Å². The molecule has 0 amide bonds. The topological polar surface area (TPSA) is 0 Å². The molecular weight excluding hydrogens is 264 g/mol. The molecule has 0 spiro atoms. The third-order valence-corrected chi connectivity index (χ3v) is 3.66. The summed E-state index contributed by atoms with van der Waals surface area (Å²) >= 11 is 0. The van der Waals surface area contributed by atoms with Crippen molar-refractivity contribution in [2.75, 3.05) is 0 Å². The number of hydrogen-bond donors (Lipinski definition) is 0. The van der Waals surface area contributed by atoms with Gasteiger partial charge in [-0.2, -0.15) is 0 Å². The van der Waals surface area contributed by atoms with Crippen molar-refractivity contribution in [2.24, 2.45) is 0 Å². The van der Waals surface area contributed by atoms with E-state index in [1.807, 2.05) is 26.0 Å². The van der Waals surface area contributed by atoms with Gasteiger partial charge in [0.1, 0.15) is 0 Å². The van der Waals surface area contributed by atoms with Crippen molar-refractivity contribution in [3.8, 4) is 0 Å². The fourth-order valence-corrected chi connectivity index (χ4v) is 1.78. The summed E-state index contributed by atoms with van der Waals surface area (Å²) in [6.45, 7) is 16.8. The molecule has 2 rings (SSSR count). The molecule has 0 saturated heterocycles. The second kappa shape index (κ2) is 10.8. The van der Waals surface area contributed by atoms with E-state index < -0.39 is 0 Å². The van der Waals surface area contributed by atoms with Crippen molar-refractivity contribution in [3.63, 3.8) is 0 Å². The molecule has 2 aromatic carbocycles. The maximum absolute atomic E-state index is 2.20. The van der Waals surface area contributed by atoms with E-state index in [-0.39, 0.29) is 0 Å². The molecule has 0 bridgehead atoms. The minimum atomic E-state index is 1.35. The molecule has 0 aliphatic heterocycles. The van der Waals surface area contributed by atoms with E-state index in [9.17, 15) is 0 Å². The second-order valence-electron chi connectivity index (χ2n) is 5.84. The lowest BCUT2D eigenvalue weighted by Gasteiger charge is -1.98. The average molecular weight is 296 g/mol. The van der Waals surface area contributed by atoms with Crippen LogP contribution in [0.1, 0.15) is 47.2 Å². The van der Waals surface area contributed by atoms with Gasteiger partial charge in [0.2, 0.25) is 0 Å². The quantitative estimate of drug-likeness (QED) is 0.469. The monoisotopic (exact) mass is 296 g/mol. The third-order valence-electron chi connectivity index (χ3n) is 3.66. The smallest absolute Gasteiger partial charge is 0.0395 e. The normalized spacial score (nSPS) is 9.64. The third kappa shape index (κ3) is 8.46. The number of hydrogen-bond acceptors (Lipinski definition) is 0. The van der Waals surface area contributed by atoms with Crippen LogP contribution in [0.5, 0.6) is 0 Å². The highest BCUT2D eigenvalue weighted by atomic mass is 14.0. The Hall–Kier alpha value is -1.82. The lowest BCUT2D eigenvalue weighted by molar-refractivity contribution is 1.30. The predicted octanol–water partition coefficient (Wildman–Crippen LogP) is 6.81. The lowest BCUT2D eigenvalue weighted by Crippen LogP contribution is -1.79. The van der Waals surface area contributed by atoms with Crippen molar-refractivity contribution in [2.45, 2.75) is 55.4 Å². The molecule has 0 radical (unpaired) electrons. The average Bonchev–Trinajstić information content (AvgIpc) is 2.48. The minimum Gasteiger partial charge on any atom is -0.0919 e. The van der Waals surface area contributed by atoms with Gasteiger partial charge >= 0.3 is 0 Å². The highest BCUT2D eigenvalue weighted by molar-refractivity contribution is 5.29. The molecule has 0 unspecified atom stereocenters. The first-order valence-electron chi connectivity index (χ1n) is 7.96. The number of benzene rings is 2. The van der Waals surface area contributed by atoms with Crippen LogP contribution in [0.3, 0.4) is 0 Å². The van der Waals surface area contributed by atoms with Crippen LogP contribution in [-0.2, 0) is 0 Å². The van der Waals surface area contributed by atoms with Gasteiger partial charge in [0.25, 0.3) is 0 Å². The largest absolute Gasteiger partial charge is 0.0919 e. The van der Waals surface area contributed by atoms with Crippen LogP contribution < -0.4 is 0 Å². The van der Waals surface area contributed by atoms with Gasteiger partial charge in [0.15, 0.2) is 0 Å². The van der Waals surface area contributed by atoms with Crippen LogP contribution in [0, 0.1) is 41.5 Å². The first-order chi connectivity index (χ1) is 10.3. The minimum absolute atomic E-state index is 1.35. The number of allylic oxidation sites excluding steroid dienone is 2. The fourth-order valence-electron chi connectivity index (χ4n) is 1.78. The standard InChI is InChI=1S/2C9H12.C4H8/c2*1-7-4-5-8(2)9(3)6-7;1-3-4-2/h2*4-6H,1-3H3;3-4H,1-2H3. The van der Waals surface area contributed by atoms with Crippen LogP contribution in [0.4, 0.5) is 0 Å². The van der Waals surface area contributed by atoms with Gasteiger partial charge in [0.05, 0.1) is 0 Å². The molecule has 0 aromatic heterocycles. The summed E-state index contributed by atoms with van der Waals surface area (Å²) in [5.74, 6) is 0. The van der Waals surface area contributed by atoms with E-state index >= 15 is 0 Å². The second-order valence-corrected chi connectivity index (χ2v) is 5.84. The van der Waals surface area contributed by atoms with Crippen LogP contribution in [0.2, 0.25) is 0 Å². The van der Waals surface area contributed by atoms with E-state index in [1.165, 1.54) is 33.4 Å². The van der Waals surface area contributed by atoms with Gasteiger partial charge in [-0.25, -0.2) is 0 Å². The summed E-state index contributed by atoms with van der Waals surface area (Å²) in [7, 11) is 0. The first kappa shape index (κ1) is 20.2. The van der Waals surface area contributed by atoms with Crippen LogP contribution in [-0.4, -0.2) is 0 Å². The Kier molecular flexibility index (Phi) is 9.95. The van der Waals surface area contributed by atoms with Gasteiger partial charge in [0, 0.05) is 0 Å². The SMILES string of the molecule is CC=CC.Cc1ccc(C)c(C)c1.Cc1ccc(C)c(C)c1. The van der Waals surface area contributed by atoms with Crippen molar-refractivity contribution in [1.82, 2.24) is 0 Å². The van der Waals surface area contributed by atoms with E-state index in [2.05, 4.69) is 77.9 Å². The lowest BCUT2D eigenvalue weighted by atomic mass is 10.1. The predicted molar refractivity (Wildman–Crippen MR) is 102 cm³/mol. The molecule has 0 heterocycles. The number of rotatable bonds is 0. The summed E-state index contributed by atoms with van der Waals surface area (Å²) in [6, 6.07) is 13.0. The Morgan fingerprint density at radius 3 is 1.00 bits per heavy atom. The molecule has 0 aliphatic rings. The van der Waals surface area contributed by atoms with Crippen molar-refractivity contribution >= 4 is 0 Å². The van der Waals surface area contributed by atoms with E-state index in [4.69, 9.17) is 0 Å². The summed E-state index contributed by atoms with van der Waals surface area (Å²) in [4.78, 5) is 0. The molecule has 22 heavy (non-hydrogen) atoms. The highest BCUT2D eigenvalue weighted by Crippen LogP contribution is 2.08. The molecule has 2 aromatic rings. The Bertz CT molecular complexity index is 535. The summed E-state index contributed by atoms with van der Waals surface area (Å²) in [6.07, 6.45) is 4.00. The Balaban J connectivity index is 0.000000326. The maximum atomic E-state index is 2.20. The Morgan fingerprint density at radius 1 is 0.500 bits per heavy atom. The Labute approximate surface area is 137 Å². The molecule has 0 nitrogen and oxygen atoms in total. The zero-order valence-electron chi connectivity index (χ0n) is 15.6. The van der Waals surface area contributed by atoms with Crippen molar-refractivity contribution < 1.29 is 0 Å². The maximum Gasteiger partial charge on any atom is -0.0395 e. The first-order valence-corrected chi connectivity index (χ1v) is 7.96. The number of aryl methyl sites for hydroxylation is 6. The zero-order chi connectivity index (χ0) is 17.1. The molecule has 0 saturated carbocycles. The zero-order valence-corrected chi connectivity index (χ0v) is 15.6. The van der Waals surface area contributed by atoms with Crippen LogP contribution in [0.15, 0.2) is 48.6 Å². The molecular formula is C22H32. The van der Waals surface area contributed by atoms with Crippen LogP contribution in [0.25, 0.3) is 0 Å². The van der Waals surface area contributed by atoms with Gasteiger partial charge < -0.3 is 0 Å². The van der Waals surface area contributed by atoms with Gasteiger partial charge in [-0.15, -0.1) is 0 Å². The van der Waals surface area contributed by atoms with Gasteiger partial charge in [-0.3, -0.25) is 0 Å². The van der Waals surface area contributed by atoms with Crippen LogP contribution >= 0.6 is 0 Å². The summed E-state index contributed by atoms with van der Waals surface area (Å²) < 4.78 is 0. The fraction of sp³-hybridized carbons (Fsp3) is 0.364. The summed E-state index contributed by atoms with van der Waals surface area (Å²) in [5, 5.41) is 0. The van der Waals surface area contributed by atoms with Gasteiger partial charge in [-0.1, -0.05) is 59.7 Å². The molecule has 0 heteroatoms. The van der Waals surface area contributed by atoms with E-state index in [0.717, 1.165) is 0 Å². The Morgan fingerprint density at radius 2 is 0.818 bits per heavy atom. The van der Waals surface area contributed by atoms with Gasteiger partial charge in [-0.05, 0) is 77.6 Å². The highest BCUT2D eigenvalue weighted by Gasteiger charge is 1.89. The van der Waals surface area contributed by atoms with E-state index in [1.54, 1.807) is 0 Å². The molecule has 0 aliphatic carbocycles. The molecule has 120 valence electrons. The molecule has 0 N–H and O–H groups in total. The summed E-state index contributed by atoms with van der Waals surface area (Å²) in [5.41, 5.74) is 8.21. The molecule has 0 atom stereocenters. The van der Waals surface area contributed by atoms with Crippen molar-refractivity contribution in [3.05, 3.63) is 81.9 Å². The van der Waals surface area contributed by atoms with Crippen molar-refractivity contribution in [1.29, 1.82) is 0 Å².